The van der Waals surface area contributed by atoms with E-state index in [-0.39, 0.29) is 31.3 Å². The molecule has 0 aromatic rings. The van der Waals surface area contributed by atoms with E-state index < -0.39 is 43.3 Å². The molecule has 1 rings (SSSR count). The fourth-order valence-corrected chi connectivity index (χ4v) is 6.53. The highest BCUT2D eigenvalue weighted by Gasteiger charge is 2.35. The molecule has 0 saturated carbocycles. The molecule has 0 aliphatic carbocycles. The van der Waals surface area contributed by atoms with E-state index in [1.54, 1.807) is 12.2 Å². The number of carbonyl (C=O) groups excluding carboxylic acids is 2. The van der Waals surface area contributed by atoms with Crippen LogP contribution in [0.4, 0.5) is 0 Å². The lowest BCUT2D eigenvalue weighted by Gasteiger charge is -2.36. The highest BCUT2D eigenvalue weighted by molar-refractivity contribution is 5.70. The van der Waals surface area contributed by atoms with Gasteiger partial charge in [-0.05, 0) is 32.1 Å². The van der Waals surface area contributed by atoms with E-state index in [1.165, 1.54) is 83.5 Å². The fourth-order valence-electron chi connectivity index (χ4n) is 6.53. The maximum Gasteiger partial charge on any atom is 0.306 e. The summed E-state index contributed by atoms with van der Waals surface area (Å²) in [6.07, 6.45) is 30.0. The van der Waals surface area contributed by atoms with Gasteiger partial charge in [0.2, 0.25) is 0 Å². The number of esters is 2. The van der Waals surface area contributed by atoms with Crippen molar-refractivity contribution < 1.29 is 44.2 Å². The van der Waals surface area contributed by atoms with E-state index >= 15 is 0 Å². The minimum atomic E-state index is -1.05. The molecule has 9 heteroatoms. The van der Waals surface area contributed by atoms with Crippen LogP contribution in [0.3, 0.4) is 0 Å². The Morgan fingerprint density at radius 2 is 1.29 bits per heavy atom. The molecule has 4 N–H and O–H groups in total. The zero-order valence-corrected chi connectivity index (χ0v) is 32.4. The first-order valence-electron chi connectivity index (χ1n) is 20.8. The lowest BCUT2D eigenvalue weighted by molar-refractivity contribution is -0.199. The summed E-state index contributed by atoms with van der Waals surface area (Å²) in [5.41, 5.74) is 0. The van der Waals surface area contributed by atoms with Crippen molar-refractivity contribution in [2.24, 2.45) is 5.92 Å². The molecular formula is C42H76O9. The SMILES string of the molecule is CCCCCCCCCCCCCCCCCCC(=O)O[C@@H](CO)COC(=O)CCC/C=C\C[C@H]1[C@@H](O)CC(O)O[C@@H]1/C=C/[C@@H](O)CCCCC. The Kier molecular flexibility index (Phi) is 30.4. The third-order valence-electron chi connectivity index (χ3n) is 9.79. The van der Waals surface area contributed by atoms with Gasteiger partial charge in [-0.15, -0.1) is 0 Å². The molecular weight excluding hydrogens is 648 g/mol. The molecule has 298 valence electrons. The van der Waals surface area contributed by atoms with E-state index in [4.69, 9.17) is 14.2 Å². The van der Waals surface area contributed by atoms with Gasteiger partial charge < -0.3 is 34.6 Å². The Morgan fingerprint density at radius 1 is 0.745 bits per heavy atom. The first-order valence-corrected chi connectivity index (χ1v) is 20.8. The molecule has 0 aromatic heterocycles. The fraction of sp³-hybridized carbons (Fsp3) is 0.857. The molecule has 0 bridgehead atoms. The summed E-state index contributed by atoms with van der Waals surface area (Å²) in [7, 11) is 0. The van der Waals surface area contributed by atoms with Crippen LogP contribution in [0, 0.1) is 5.92 Å². The predicted octanol–water partition coefficient (Wildman–Crippen LogP) is 8.78. The quantitative estimate of drug-likeness (QED) is 0.0297. The van der Waals surface area contributed by atoms with Crippen LogP contribution >= 0.6 is 0 Å². The molecule has 1 fully saturated rings. The number of aliphatic hydroxyl groups excluding tert-OH is 4. The van der Waals surface area contributed by atoms with Gasteiger partial charge in [0, 0.05) is 25.2 Å². The van der Waals surface area contributed by atoms with E-state index in [1.807, 2.05) is 12.2 Å². The maximum atomic E-state index is 12.2. The number of aliphatic hydroxyl groups is 4. The standard InChI is InChI=1S/C42H76O9/c1-3-5-7-8-9-10-11-12-13-14-15-16-17-18-19-25-29-41(47)50-36(33-43)34-49-40(46)28-24-21-20-23-27-37-38(45)32-42(48)51-39(37)31-30-35(44)26-22-6-4-2/h20,23,30-31,35-39,42-45,48H,3-19,21-22,24-29,32-34H2,1-2H3/b23-20-,31-30+/t35-,36-,37-,38-,39+,42?/m0/s1. The van der Waals surface area contributed by atoms with E-state index in [2.05, 4.69) is 13.8 Å². The molecule has 0 radical (unpaired) electrons. The monoisotopic (exact) mass is 725 g/mol. The molecule has 0 spiro atoms. The Balaban J connectivity index is 2.12. The van der Waals surface area contributed by atoms with Crippen LogP contribution in [0.2, 0.25) is 0 Å². The van der Waals surface area contributed by atoms with Gasteiger partial charge in [0.05, 0.1) is 24.9 Å². The van der Waals surface area contributed by atoms with Crippen LogP contribution < -0.4 is 0 Å². The molecule has 6 atom stereocenters. The zero-order chi connectivity index (χ0) is 37.4. The van der Waals surface area contributed by atoms with Crippen LogP contribution in [-0.2, 0) is 23.8 Å². The topological polar surface area (TPSA) is 143 Å². The minimum Gasteiger partial charge on any atom is -0.462 e. The van der Waals surface area contributed by atoms with Crippen molar-refractivity contribution in [1.82, 2.24) is 0 Å². The Hall–Kier alpha value is -1.78. The molecule has 1 heterocycles. The van der Waals surface area contributed by atoms with Crippen molar-refractivity contribution in [2.45, 2.75) is 211 Å². The van der Waals surface area contributed by atoms with Gasteiger partial charge in [0.1, 0.15) is 6.61 Å². The highest BCUT2D eigenvalue weighted by atomic mass is 16.6. The van der Waals surface area contributed by atoms with Crippen molar-refractivity contribution in [3.63, 3.8) is 0 Å². The summed E-state index contributed by atoms with van der Waals surface area (Å²) < 4.78 is 16.2. The Morgan fingerprint density at radius 3 is 1.88 bits per heavy atom. The van der Waals surface area contributed by atoms with Crippen LogP contribution in [-0.4, -0.2) is 76.3 Å². The van der Waals surface area contributed by atoms with Gasteiger partial charge in [-0.3, -0.25) is 9.59 Å². The highest BCUT2D eigenvalue weighted by Crippen LogP contribution is 2.29. The second-order valence-corrected chi connectivity index (χ2v) is 14.6. The molecule has 1 saturated heterocycles. The lowest BCUT2D eigenvalue weighted by Crippen LogP contribution is -2.43. The minimum absolute atomic E-state index is 0.136. The van der Waals surface area contributed by atoms with Crippen LogP contribution in [0.15, 0.2) is 24.3 Å². The van der Waals surface area contributed by atoms with Gasteiger partial charge in [0.25, 0.3) is 0 Å². The van der Waals surface area contributed by atoms with Gasteiger partial charge in [-0.1, -0.05) is 154 Å². The second-order valence-electron chi connectivity index (χ2n) is 14.6. The predicted molar refractivity (Wildman–Crippen MR) is 204 cm³/mol. The molecule has 9 nitrogen and oxygen atoms in total. The number of hydrogen-bond donors (Lipinski definition) is 4. The summed E-state index contributed by atoms with van der Waals surface area (Å²) in [5.74, 6) is -1.04. The van der Waals surface area contributed by atoms with Gasteiger partial charge in [0.15, 0.2) is 12.4 Å². The summed E-state index contributed by atoms with van der Waals surface area (Å²) >= 11 is 0. The summed E-state index contributed by atoms with van der Waals surface area (Å²) in [4.78, 5) is 24.5. The number of unbranched alkanes of at least 4 members (excludes halogenated alkanes) is 18. The molecule has 1 aliphatic heterocycles. The van der Waals surface area contributed by atoms with Crippen molar-refractivity contribution in [2.75, 3.05) is 13.2 Å². The molecule has 51 heavy (non-hydrogen) atoms. The number of rotatable bonds is 33. The average Bonchev–Trinajstić information content (AvgIpc) is 3.11. The number of allylic oxidation sites excluding steroid dienone is 2. The number of carbonyl (C=O) groups is 2. The molecule has 0 aromatic carbocycles. The summed E-state index contributed by atoms with van der Waals surface area (Å²) in [6, 6.07) is 0. The molecule has 0 amide bonds. The molecule has 1 aliphatic rings. The van der Waals surface area contributed by atoms with Crippen molar-refractivity contribution >= 4 is 11.9 Å². The third-order valence-corrected chi connectivity index (χ3v) is 9.79. The van der Waals surface area contributed by atoms with E-state index in [0.717, 1.165) is 38.5 Å². The van der Waals surface area contributed by atoms with Gasteiger partial charge >= 0.3 is 11.9 Å². The van der Waals surface area contributed by atoms with Crippen molar-refractivity contribution in [1.29, 1.82) is 0 Å². The largest absolute Gasteiger partial charge is 0.462 e. The van der Waals surface area contributed by atoms with Crippen molar-refractivity contribution in [3.05, 3.63) is 24.3 Å². The third kappa shape index (κ3) is 26.6. The van der Waals surface area contributed by atoms with E-state index in [9.17, 15) is 30.0 Å². The van der Waals surface area contributed by atoms with Gasteiger partial charge in [-0.2, -0.15) is 0 Å². The molecule has 1 unspecified atom stereocenters. The normalized spacial score (nSPS) is 20.6. The van der Waals surface area contributed by atoms with Crippen LogP contribution in [0.5, 0.6) is 0 Å². The lowest BCUT2D eigenvalue weighted by atomic mass is 9.87. The van der Waals surface area contributed by atoms with Crippen molar-refractivity contribution in [3.8, 4) is 0 Å². The Labute approximate surface area is 310 Å². The second kappa shape index (κ2) is 32.8. The maximum absolute atomic E-state index is 12.2. The van der Waals surface area contributed by atoms with Crippen LogP contribution in [0.1, 0.15) is 181 Å². The number of hydrogen-bond acceptors (Lipinski definition) is 9. The smallest absolute Gasteiger partial charge is 0.306 e. The van der Waals surface area contributed by atoms with E-state index in [0.29, 0.717) is 32.1 Å². The summed E-state index contributed by atoms with van der Waals surface area (Å²) in [5, 5.41) is 40.4. The van der Waals surface area contributed by atoms with Crippen LogP contribution in [0.25, 0.3) is 0 Å². The first kappa shape index (κ1) is 47.2. The zero-order valence-electron chi connectivity index (χ0n) is 32.4. The summed E-state index contributed by atoms with van der Waals surface area (Å²) in [6.45, 7) is 3.81. The average molecular weight is 725 g/mol. The first-order chi connectivity index (χ1) is 24.8. The number of ether oxygens (including phenoxy) is 3. The van der Waals surface area contributed by atoms with Gasteiger partial charge in [-0.25, -0.2) is 0 Å². The Bertz CT molecular complexity index is 892.